The summed E-state index contributed by atoms with van der Waals surface area (Å²) in [7, 11) is 0. The average Bonchev–Trinajstić information content (AvgIpc) is 2.65. The molecular weight excluding hydrogens is 373 g/mol. The van der Waals surface area contributed by atoms with Crippen LogP contribution in [-0.4, -0.2) is 36.1 Å². The minimum Gasteiger partial charge on any atom is -0.381 e. The first-order chi connectivity index (χ1) is 12.5. The topological polar surface area (TPSA) is 47.4 Å². The molecule has 1 aromatic heterocycles. The van der Waals surface area contributed by atoms with Crippen molar-refractivity contribution in [2.75, 3.05) is 31.2 Å². The van der Waals surface area contributed by atoms with E-state index < -0.39 is 0 Å². The lowest BCUT2D eigenvalue weighted by Crippen LogP contribution is -2.38. The Bertz CT molecular complexity index is 838. The lowest BCUT2D eigenvalue weighted by Gasteiger charge is -2.34. The van der Waals surface area contributed by atoms with E-state index in [0.29, 0.717) is 28.9 Å². The molecule has 2 heterocycles. The van der Waals surface area contributed by atoms with Crippen LogP contribution in [0.3, 0.4) is 0 Å². The van der Waals surface area contributed by atoms with Crippen LogP contribution in [0.15, 0.2) is 29.2 Å². The van der Waals surface area contributed by atoms with Crippen LogP contribution in [0.1, 0.15) is 25.3 Å². The van der Waals surface area contributed by atoms with Crippen molar-refractivity contribution in [2.24, 2.45) is 5.92 Å². The Hall–Kier alpha value is -1.56. The third-order valence-corrected chi connectivity index (χ3v) is 5.48. The fourth-order valence-electron chi connectivity index (χ4n) is 3.25. The molecule has 0 radical (unpaired) electrons. The van der Waals surface area contributed by atoms with Crippen LogP contribution in [0, 0.1) is 12.8 Å². The molecule has 2 aromatic rings. The Morgan fingerprint density at radius 1 is 1.35 bits per heavy atom. The van der Waals surface area contributed by atoms with Gasteiger partial charge in [0.15, 0.2) is 0 Å². The summed E-state index contributed by atoms with van der Waals surface area (Å²) in [5.74, 6) is 0.443. The largest absolute Gasteiger partial charge is 0.381 e. The van der Waals surface area contributed by atoms with Crippen LogP contribution >= 0.6 is 23.2 Å². The number of aryl methyl sites for hydroxylation is 1. The lowest BCUT2D eigenvalue weighted by atomic mass is 9.98. The van der Waals surface area contributed by atoms with E-state index in [2.05, 4.69) is 10.00 Å². The molecule has 7 heteroatoms. The zero-order valence-electron chi connectivity index (χ0n) is 15.0. The van der Waals surface area contributed by atoms with Crippen LogP contribution in [-0.2, 0) is 4.74 Å². The van der Waals surface area contributed by atoms with Gasteiger partial charge in [-0.15, -0.1) is 0 Å². The summed E-state index contributed by atoms with van der Waals surface area (Å²) in [6, 6.07) is 5.39. The van der Waals surface area contributed by atoms with Gasteiger partial charge in [0, 0.05) is 24.7 Å². The molecule has 0 saturated carbocycles. The Kier molecular flexibility index (Phi) is 6.22. The summed E-state index contributed by atoms with van der Waals surface area (Å²) in [6.45, 7) is 7.04. The Morgan fingerprint density at radius 2 is 2.15 bits per heavy atom. The van der Waals surface area contributed by atoms with Gasteiger partial charge in [-0.1, -0.05) is 29.3 Å². The fourth-order valence-corrected chi connectivity index (χ4v) is 3.67. The maximum atomic E-state index is 12.8. The van der Waals surface area contributed by atoms with E-state index in [1.54, 1.807) is 12.3 Å². The van der Waals surface area contributed by atoms with Crippen molar-refractivity contribution < 1.29 is 4.74 Å². The third-order valence-electron chi connectivity index (χ3n) is 4.72. The maximum absolute atomic E-state index is 12.8. The van der Waals surface area contributed by atoms with Crippen molar-refractivity contribution in [2.45, 2.75) is 26.7 Å². The average molecular weight is 396 g/mol. The molecular formula is C19H23Cl2N3O2. The van der Waals surface area contributed by atoms with Crippen molar-refractivity contribution in [1.82, 2.24) is 9.78 Å². The molecule has 1 aliphatic rings. The standard InChI is InChI=1S/C19H23Cl2N3O2/c1-3-26-12-14-5-4-8-23(11-14)17-10-22-24(19(25)18(17)21)15-7-6-13(2)16(20)9-15/h6-7,9-10,14H,3-5,8,11-12H2,1-2H3. The van der Waals surface area contributed by atoms with Crippen molar-refractivity contribution in [1.29, 1.82) is 0 Å². The van der Waals surface area contributed by atoms with Gasteiger partial charge in [0.1, 0.15) is 5.02 Å². The van der Waals surface area contributed by atoms with Gasteiger partial charge in [0.05, 0.1) is 24.2 Å². The Morgan fingerprint density at radius 3 is 2.88 bits per heavy atom. The van der Waals surface area contributed by atoms with Gasteiger partial charge in [0.2, 0.25) is 0 Å². The second-order valence-electron chi connectivity index (χ2n) is 6.61. The molecule has 0 bridgehead atoms. The summed E-state index contributed by atoms with van der Waals surface area (Å²) < 4.78 is 6.85. The van der Waals surface area contributed by atoms with Crippen LogP contribution in [0.2, 0.25) is 10.0 Å². The molecule has 1 aliphatic heterocycles. The van der Waals surface area contributed by atoms with E-state index in [4.69, 9.17) is 27.9 Å². The number of ether oxygens (including phenoxy) is 1. The number of rotatable bonds is 5. The van der Waals surface area contributed by atoms with Crippen LogP contribution in [0.25, 0.3) is 5.69 Å². The summed E-state index contributed by atoms with van der Waals surface area (Å²) in [4.78, 5) is 14.9. The predicted molar refractivity (Wildman–Crippen MR) is 106 cm³/mol. The molecule has 0 amide bonds. The van der Waals surface area contributed by atoms with Crippen molar-refractivity contribution in [3.8, 4) is 5.69 Å². The number of hydrogen-bond donors (Lipinski definition) is 0. The monoisotopic (exact) mass is 395 g/mol. The first-order valence-corrected chi connectivity index (χ1v) is 9.64. The minimum atomic E-state index is -0.337. The number of piperidine rings is 1. The van der Waals surface area contributed by atoms with Gasteiger partial charge >= 0.3 is 0 Å². The summed E-state index contributed by atoms with van der Waals surface area (Å²) in [5, 5.41) is 5.11. The second kappa shape index (κ2) is 8.42. The molecule has 1 fully saturated rings. The number of hydrogen-bond acceptors (Lipinski definition) is 4. The second-order valence-corrected chi connectivity index (χ2v) is 7.39. The number of benzene rings is 1. The van der Waals surface area contributed by atoms with Crippen molar-refractivity contribution in [3.63, 3.8) is 0 Å². The molecule has 26 heavy (non-hydrogen) atoms. The fraction of sp³-hybridized carbons (Fsp3) is 0.474. The normalized spacial score (nSPS) is 17.5. The summed E-state index contributed by atoms with van der Waals surface area (Å²) >= 11 is 12.6. The van der Waals surface area contributed by atoms with Crippen LogP contribution < -0.4 is 10.5 Å². The molecule has 1 saturated heterocycles. The third kappa shape index (κ3) is 4.05. The van der Waals surface area contributed by atoms with Crippen molar-refractivity contribution in [3.05, 3.63) is 50.4 Å². The van der Waals surface area contributed by atoms with E-state index in [-0.39, 0.29) is 10.6 Å². The zero-order valence-corrected chi connectivity index (χ0v) is 16.6. The molecule has 1 unspecified atom stereocenters. The van der Waals surface area contributed by atoms with Crippen LogP contribution in [0.5, 0.6) is 0 Å². The van der Waals surface area contributed by atoms with E-state index in [0.717, 1.165) is 38.1 Å². The van der Waals surface area contributed by atoms with Gasteiger partial charge in [-0.3, -0.25) is 4.79 Å². The summed E-state index contributed by atoms with van der Waals surface area (Å²) in [5.41, 5.74) is 1.90. The molecule has 0 spiro atoms. The van der Waals surface area contributed by atoms with Gasteiger partial charge in [-0.05, 0) is 50.3 Å². The molecule has 140 valence electrons. The SMILES string of the molecule is CCOCC1CCCN(c2cnn(-c3ccc(C)c(Cl)c3)c(=O)c2Cl)C1. The van der Waals surface area contributed by atoms with E-state index in [1.807, 2.05) is 26.0 Å². The molecule has 1 aromatic carbocycles. The van der Waals surface area contributed by atoms with E-state index in [9.17, 15) is 4.79 Å². The number of halogens is 2. The first-order valence-electron chi connectivity index (χ1n) is 8.88. The number of nitrogens with zero attached hydrogens (tertiary/aromatic N) is 3. The molecule has 3 rings (SSSR count). The van der Waals surface area contributed by atoms with Gasteiger partial charge in [-0.2, -0.15) is 9.78 Å². The number of aromatic nitrogens is 2. The predicted octanol–water partition coefficient (Wildman–Crippen LogP) is 4.10. The Labute approximate surface area is 163 Å². The van der Waals surface area contributed by atoms with E-state index >= 15 is 0 Å². The van der Waals surface area contributed by atoms with Gasteiger partial charge in [-0.25, -0.2) is 0 Å². The number of anilines is 1. The highest BCUT2D eigenvalue weighted by molar-refractivity contribution is 6.33. The minimum absolute atomic E-state index is 0.189. The van der Waals surface area contributed by atoms with Gasteiger partial charge < -0.3 is 9.64 Å². The highest BCUT2D eigenvalue weighted by Gasteiger charge is 2.23. The van der Waals surface area contributed by atoms with Gasteiger partial charge in [0.25, 0.3) is 5.56 Å². The molecule has 1 atom stereocenters. The highest BCUT2D eigenvalue weighted by Crippen LogP contribution is 2.27. The highest BCUT2D eigenvalue weighted by atomic mass is 35.5. The quantitative estimate of drug-likeness (QED) is 0.764. The maximum Gasteiger partial charge on any atom is 0.292 e. The zero-order chi connectivity index (χ0) is 18.7. The molecule has 0 aliphatic carbocycles. The first kappa shape index (κ1) is 19.2. The van der Waals surface area contributed by atoms with E-state index in [1.165, 1.54) is 4.68 Å². The lowest BCUT2D eigenvalue weighted by molar-refractivity contribution is 0.104. The molecule has 5 nitrogen and oxygen atoms in total. The molecule has 0 N–H and O–H groups in total. The smallest absolute Gasteiger partial charge is 0.292 e. The van der Waals surface area contributed by atoms with Crippen molar-refractivity contribution >= 4 is 28.9 Å². The summed E-state index contributed by atoms with van der Waals surface area (Å²) in [6.07, 6.45) is 3.84. The Balaban J connectivity index is 1.87. The van der Waals surface area contributed by atoms with Crippen LogP contribution in [0.4, 0.5) is 5.69 Å².